The number of hydrogen-bond donors (Lipinski definition) is 0. The Hall–Kier alpha value is -2.10. The third-order valence-electron chi connectivity index (χ3n) is 5.85. The van der Waals surface area contributed by atoms with Crippen molar-refractivity contribution in [1.82, 2.24) is 9.21 Å². The molecule has 1 amide bonds. The molecule has 0 aliphatic carbocycles. The molecule has 2 saturated heterocycles. The van der Waals surface area contributed by atoms with Crippen LogP contribution in [0.5, 0.6) is 5.75 Å². The van der Waals surface area contributed by atoms with Gasteiger partial charge in [0.1, 0.15) is 9.96 Å². The number of amides is 1. The van der Waals surface area contributed by atoms with Gasteiger partial charge in [-0.25, -0.2) is 8.42 Å². The lowest BCUT2D eigenvalue weighted by molar-refractivity contribution is -0.137. The fourth-order valence-corrected chi connectivity index (χ4v) is 6.80. The summed E-state index contributed by atoms with van der Waals surface area (Å²) in [6, 6.07) is 11.3. The Bertz CT molecular complexity index is 953. The van der Waals surface area contributed by atoms with Gasteiger partial charge in [0.15, 0.2) is 0 Å². The fraction of sp³-hybridized carbons (Fsp3) is 0.476. The van der Waals surface area contributed by atoms with Gasteiger partial charge in [-0.15, -0.1) is 11.3 Å². The second-order valence-electron chi connectivity index (χ2n) is 7.64. The topological polar surface area (TPSA) is 70.2 Å². The van der Waals surface area contributed by atoms with E-state index in [1.54, 1.807) is 24.6 Å². The minimum atomic E-state index is -3.50. The van der Waals surface area contributed by atoms with Crippen molar-refractivity contribution in [2.24, 2.45) is 5.92 Å². The number of carbonyl (C=O) groups is 1. The second-order valence-corrected chi connectivity index (χ2v) is 10.8. The first-order valence-electron chi connectivity index (χ1n) is 10.2. The van der Waals surface area contributed by atoms with E-state index in [9.17, 15) is 13.2 Å². The lowest BCUT2D eigenvalue weighted by atomic mass is 9.97. The summed E-state index contributed by atoms with van der Waals surface area (Å²) in [5.41, 5.74) is 1.12. The zero-order valence-electron chi connectivity index (χ0n) is 17.1. The monoisotopic (exact) mass is 449 g/mol. The van der Waals surface area contributed by atoms with Gasteiger partial charge >= 0.3 is 0 Å². The first-order valence-corrected chi connectivity index (χ1v) is 12.5. The Morgan fingerprint density at radius 3 is 2.43 bits per heavy atom. The van der Waals surface area contributed by atoms with Crippen LogP contribution in [0.25, 0.3) is 0 Å². The number of piperazine rings is 1. The molecular formula is C21H27N3O4S2. The summed E-state index contributed by atoms with van der Waals surface area (Å²) in [6.45, 7) is 3.59. The van der Waals surface area contributed by atoms with Crippen molar-refractivity contribution in [2.45, 2.75) is 17.1 Å². The van der Waals surface area contributed by atoms with Crippen LogP contribution >= 0.6 is 11.3 Å². The standard InChI is InChI=1S/C21H27N3O4S2/c1-28-19-8-6-18(7-9-19)22-11-13-23(14-12-22)21(25)17-4-2-10-24(16-17)30(26,27)20-5-3-15-29-20/h3,5-9,15,17H,2,4,10-14,16H2,1H3. The summed E-state index contributed by atoms with van der Waals surface area (Å²) in [5.74, 6) is 0.642. The van der Waals surface area contributed by atoms with Crippen LogP contribution in [0.15, 0.2) is 46.0 Å². The van der Waals surface area contributed by atoms with Crippen LogP contribution in [-0.2, 0) is 14.8 Å². The zero-order valence-corrected chi connectivity index (χ0v) is 18.7. The quantitative estimate of drug-likeness (QED) is 0.702. The number of anilines is 1. The molecule has 1 atom stereocenters. The van der Waals surface area contributed by atoms with Crippen LogP contribution in [0.3, 0.4) is 0 Å². The number of benzene rings is 1. The van der Waals surface area contributed by atoms with Crippen molar-refractivity contribution in [3.05, 3.63) is 41.8 Å². The lowest BCUT2D eigenvalue weighted by Crippen LogP contribution is -2.53. The number of sulfonamides is 1. The van der Waals surface area contributed by atoms with Crippen molar-refractivity contribution >= 4 is 33.0 Å². The number of carbonyl (C=O) groups excluding carboxylic acids is 1. The molecule has 162 valence electrons. The SMILES string of the molecule is COc1ccc(N2CCN(C(=O)C3CCCN(S(=O)(=O)c4cccs4)C3)CC2)cc1. The molecule has 9 heteroatoms. The first-order chi connectivity index (χ1) is 14.5. The third-order valence-corrected chi connectivity index (χ3v) is 9.09. The van der Waals surface area contributed by atoms with E-state index >= 15 is 0 Å². The van der Waals surface area contributed by atoms with Crippen molar-refractivity contribution in [3.8, 4) is 5.75 Å². The van der Waals surface area contributed by atoms with Crippen LogP contribution < -0.4 is 9.64 Å². The minimum absolute atomic E-state index is 0.0791. The van der Waals surface area contributed by atoms with Crippen molar-refractivity contribution in [3.63, 3.8) is 0 Å². The molecule has 1 aromatic carbocycles. The van der Waals surface area contributed by atoms with Crippen LogP contribution in [0.1, 0.15) is 12.8 Å². The summed E-state index contributed by atoms with van der Waals surface area (Å²) in [5, 5.41) is 1.77. The highest BCUT2D eigenvalue weighted by Gasteiger charge is 2.36. The zero-order chi connectivity index (χ0) is 21.1. The molecule has 3 heterocycles. The van der Waals surface area contributed by atoms with Crippen molar-refractivity contribution < 1.29 is 17.9 Å². The number of rotatable bonds is 5. The number of piperidine rings is 1. The molecule has 2 aromatic rings. The number of nitrogens with zero attached hydrogens (tertiary/aromatic N) is 3. The summed E-state index contributed by atoms with van der Waals surface area (Å²) in [6.07, 6.45) is 1.46. The molecule has 2 aliphatic rings. The maximum Gasteiger partial charge on any atom is 0.252 e. The molecule has 1 aromatic heterocycles. The van der Waals surface area contributed by atoms with Gasteiger partial charge in [0.25, 0.3) is 10.0 Å². The molecule has 0 spiro atoms. The fourth-order valence-electron chi connectivity index (χ4n) is 4.14. The second kappa shape index (κ2) is 8.95. The van der Waals surface area contributed by atoms with E-state index in [1.807, 2.05) is 29.2 Å². The highest BCUT2D eigenvalue weighted by molar-refractivity contribution is 7.91. The molecule has 0 saturated carbocycles. The van der Waals surface area contributed by atoms with E-state index in [2.05, 4.69) is 4.90 Å². The molecule has 2 fully saturated rings. The number of ether oxygens (including phenoxy) is 1. The molecule has 30 heavy (non-hydrogen) atoms. The first kappa shape index (κ1) is 21.1. The van der Waals surface area contributed by atoms with Crippen molar-refractivity contribution in [2.75, 3.05) is 51.3 Å². The number of hydrogen-bond acceptors (Lipinski definition) is 6. The van der Waals surface area contributed by atoms with Crippen LogP contribution in [0.4, 0.5) is 5.69 Å². The van der Waals surface area contributed by atoms with Gasteiger partial charge in [-0.1, -0.05) is 6.07 Å². The molecule has 1 unspecified atom stereocenters. The lowest BCUT2D eigenvalue weighted by Gasteiger charge is -2.39. The van der Waals surface area contributed by atoms with Gasteiger partial charge in [-0.3, -0.25) is 4.79 Å². The molecular weight excluding hydrogens is 422 g/mol. The predicted octanol–water partition coefficient (Wildman–Crippen LogP) is 2.51. The summed E-state index contributed by atoms with van der Waals surface area (Å²) < 4.78 is 32.7. The highest BCUT2D eigenvalue weighted by Crippen LogP contribution is 2.28. The van der Waals surface area contributed by atoms with E-state index < -0.39 is 10.0 Å². The highest BCUT2D eigenvalue weighted by atomic mass is 32.2. The molecule has 0 radical (unpaired) electrons. The molecule has 0 N–H and O–H groups in total. The Balaban J connectivity index is 1.35. The van der Waals surface area contributed by atoms with E-state index in [0.717, 1.165) is 30.9 Å². The Kier molecular flexibility index (Phi) is 6.31. The minimum Gasteiger partial charge on any atom is -0.497 e. The normalized spacial score (nSPS) is 20.9. The molecule has 2 aliphatic heterocycles. The largest absolute Gasteiger partial charge is 0.497 e. The Morgan fingerprint density at radius 1 is 1.07 bits per heavy atom. The molecule has 0 bridgehead atoms. The third kappa shape index (κ3) is 4.33. The van der Waals surface area contributed by atoms with Gasteiger partial charge < -0.3 is 14.5 Å². The summed E-state index contributed by atoms with van der Waals surface area (Å²) in [7, 11) is -1.85. The van der Waals surface area contributed by atoms with Gasteiger partial charge in [-0.05, 0) is 48.6 Å². The Morgan fingerprint density at radius 2 is 1.80 bits per heavy atom. The van der Waals surface area contributed by atoms with Crippen LogP contribution in [0.2, 0.25) is 0 Å². The average molecular weight is 450 g/mol. The van der Waals surface area contributed by atoms with Gasteiger partial charge in [-0.2, -0.15) is 4.31 Å². The number of methoxy groups -OCH3 is 1. The van der Waals surface area contributed by atoms with E-state index in [0.29, 0.717) is 30.3 Å². The Labute approximate surface area is 181 Å². The van der Waals surface area contributed by atoms with Gasteiger partial charge in [0.05, 0.1) is 13.0 Å². The average Bonchev–Trinajstić information content (AvgIpc) is 3.35. The predicted molar refractivity (Wildman–Crippen MR) is 118 cm³/mol. The number of thiophene rings is 1. The van der Waals surface area contributed by atoms with E-state index in [-0.39, 0.29) is 18.4 Å². The maximum atomic E-state index is 13.1. The molecule has 4 rings (SSSR count). The van der Waals surface area contributed by atoms with Crippen LogP contribution in [0, 0.1) is 5.92 Å². The maximum absolute atomic E-state index is 13.1. The molecule has 7 nitrogen and oxygen atoms in total. The van der Waals surface area contributed by atoms with Gasteiger partial charge in [0, 0.05) is 45.0 Å². The van der Waals surface area contributed by atoms with E-state index in [4.69, 9.17) is 4.74 Å². The van der Waals surface area contributed by atoms with Gasteiger partial charge in [0.2, 0.25) is 5.91 Å². The smallest absolute Gasteiger partial charge is 0.252 e. The summed E-state index contributed by atoms with van der Waals surface area (Å²) in [4.78, 5) is 17.3. The van der Waals surface area contributed by atoms with Crippen LogP contribution in [-0.4, -0.2) is 69.9 Å². The van der Waals surface area contributed by atoms with Crippen molar-refractivity contribution in [1.29, 1.82) is 0 Å². The summed E-state index contributed by atoms with van der Waals surface area (Å²) >= 11 is 1.22. The van der Waals surface area contributed by atoms with E-state index in [1.165, 1.54) is 15.6 Å².